The minimum atomic E-state index is -0.539. The van der Waals surface area contributed by atoms with Crippen LogP contribution in [0.25, 0.3) is 11.3 Å². The van der Waals surface area contributed by atoms with Gasteiger partial charge in [0.2, 0.25) is 11.8 Å². The molecular formula is C30H34N6O3S. The molecule has 3 N–H and O–H groups in total. The van der Waals surface area contributed by atoms with Gasteiger partial charge in [0.25, 0.3) is 5.91 Å². The number of thiophene rings is 1. The molecule has 208 valence electrons. The highest BCUT2D eigenvalue weighted by molar-refractivity contribution is 7.10. The number of carbonyl (C=O) groups is 3. The molecule has 9 nitrogen and oxygen atoms in total. The average Bonchev–Trinajstić information content (AvgIpc) is 3.59. The van der Waals surface area contributed by atoms with Crippen LogP contribution in [-0.2, 0) is 27.3 Å². The summed E-state index contributed by atoms with van der Waals surface area (Å²) in [4.78, 5) is 37.2. The van der Waals surface area contributed by atoms with E-state index in [1.165, 1.54) is 53.7 Å². The van der Waals surface area contributed by atoms with E-state index in [1.54, 1.807) is 6.20 Å². The zero-order chi connectivity index (χ0) is 27.2. The number of rotatable bonds is 8. The molecule has 1 saturated heterocycles. The third-order valence-electron chi connectivity index (χ3n) is 9.33. The van der Waals surface area contributed by atoms with E-state index < -0.39 is 6.04 Å². The first-order chi connectivity index (χ1) is 19.5. The highest BCUT2D eigenvalue weighted by Crippen LogP contribution is 2.53. The maximum absolute atomic E-state index is 12.7. The first kappa shape index (κ1) is 25.6. The van der Waals surface area contributed by atoms with Gasteiger partial charge in [0.15, 0.2) is 0 Å². The second-order valence-corrected chi connectivity index (χ2v) is 13.1. The molecule has 0 spiro atoms. The van der Waals surface area contributed by atoms with Crippen molar-refractivity contribution in [3.8, 4) is 11.3 Å². The zero-order valence-corrected chi connectivity index (χ0v) is 23.2. The Balaban J connectivity index is 0.906. The van der Waals surface area contributed by atoms with Crippen molar-refractivity contribution in [1.29, 1.82) is 0 Å². The molecule has 5 fully saturated rings. The number of hydrogen-bond acceptors (Lipinski definition) is 7. The zero-order valence-electron chi connectivity index (χ0n) is 22.3. The fraction of sp³-hybridized carbons (Fsp3) is 0.500. The molecule has 1 unspecified atom stereocenters. The van der Waals surface area contributed by atoms with Gasteiger partial charge in [-0.2, -0.15) is 0 Å². The fourth-order valence-corrected chi connectivity index (χ4v) is 8.54. The number of amides is 3. The first-order valence-electron chi connectivity index (χ1n) is 14.4. The number of nitrogens with one attached hydrogen (secondary N) is 3. The highest BCUT2D eigenvalue weighted by atomic mass is 32.1. The van der Waals surface area contributed by atoms with Crippen LogP contribution in [0.5, 0.6) is 0 Å². The summed E-state index contributed by atoms with van der Waals surface area (Å²) in [5, 5.41) is 19.5. The topological polar surface area (TPSA) is 118 Å². The van der Waals surface area contributed by atoms with Gasteiger partial charge in [0.1, 0.15) is 11.7 Å². The van der Waals surface area contributed by atoms with Crippen molar-refractivity contribution < 1.29 is 14.4 Å². The van der Waals surface area contributed by atoms with Gasteiger partial charge in [-0.3, -0.25) is 19.7 Å². The third kappa shape index (κ3) is 5.22. The van der Waals surface area contributed by atoms with E-state index in [4.69, 9.17) is 0 Å². The molecule has 0 radical (unpaired) electrons. The van der Waals surface area contributed by atoms with Crippen molar-refractivity contribution in [1.82, 2.24) is 25.6 Å². The van der Waals surface area contributed by atoms with Crippen LogP contribution in [0.1, 0.15) is 61.4 Å². The van der Waals surface area contributed by atoms with Crippen LogP contribution in [0.15, 0.2) is 41.9 Å². The number of piperidine rings is 1. The number of nitrogens with zero attached hydrogens (tertiary/aromatic N) is 3. The molecule has 4 aliphatic carbocycles. The summed E-state index contributed by atoms with van der Waals surface area (Å²) in [5.74, 6) is 3.02. The van der Waals surface area contributed by atoms with Crippen LogP contribution in [-0.4, -0.2) is 38.8 Å². The number of carbonyl (C=O) groups excluding carboxylic acids is 3. The van der Waals surface area contributed by atoms with E-state index in [0.29, 0.717) is 18.2 Å². The van der Waals surface area contributed by atoms with Crippen molar-refractivity contribution in [3.05, 3.63) is 52.3 Å². The van der Waals surface area contributed by atoms with Gasteiger partial charge in [-0.1, -0.05) is 17.3 Å². The van der Waals surface area contributed by atoms with E-state index in [2.05, 4.69) is 38.4 Å². The van der Waals surface area contributed by atoms with Crippen molar-refractivity contribution in [2.75, 3.05) is 5.32 Å². The SMILES string of the molecule is O=C1CCC(n2cc(-c3csc(CC(=O)Nc4ccc(CNC5C6CC7CC(C6)CC5C7)cc4)c3)nn2)C(=O)N1. The molecule has 1 aliphatic heterocycles. The minimum absolute atomic E-state index is 0.0694. The van der Waals surface area contributed by atoms with Crippen LogP contribution in [0, 0.1) is 23.7 Å². The molecule has 10 heteroatoms. The van der Waals surface area contributed by atoms with E-state index in [-0.39, 0.29) is 30.6 Å². The van der Waals surface area contributed by atoms with Gasteiger partial charge >= 0.3 is 0 Å². The van der Waals surface area contributed by atoms with Gasteiger partial charge in [0, 0.05) is 40.5 Å². The van der Waals surface area contributed by atoms with Crippen LogP contribution in [0.2, 0.25) is 0 Å². The minimum Gasteiger partial charge on any atom is -0.326 e. The number of hydrogen-bond donors (Lipinski definition) is 3. The number of imide groups is 1. The largest absolute Gasteiger partial charge is 0.326 e. The van der Waals surface area contributed by atoms with Gasteiger partial charge in [-0.15, -0.1) is 16.4 Å². The predicted molar refractivity (Wildman–Crippen MR) is 151 cm³/mol. The molecule has 1 aromatic carbocycles. The lowest BCUT2D eigenvalue weighted by atomic mass is 9.54. The average molecular weight is 559 g/mol. The molecule has 5 aliphatic rings. The normalized spacial score (nSPS) is 29.0. The van der Waals surface area contributed by atoms with Gasteiger partial charge in [-0.25, -0.2) is 4.68 Å². The fourth-order valence-electron chi connectivity index (χ4n) is 7.67. The molecule has 40 heavy (non-hydrogen) atoms. The summed E-state index contributed by atoms with van der Waals surface area (Å²) in [5.41, 5.74) is 3.53. The summed E-state index contributed by atoms with van der Waals surface area (Å²) >= 11 is 1.49. The summed E-state index contributed by atoms with van der Waals surface area (Å²) in [6, 6.07) is 10.2. The molecular weight excluding hydrogens is 524 g/mol. The molecule has 4 bridgehead atoms. The molecule has 3 heterocycles. The van der Waals surface area contributed by atoms with Gasteiger partial charge in [-0.05, 0) is 86.0 Å². The third-order valence-corrected chi connectivity index (χ3v) is 10.3. The second kappa shape index (κ2) is 10.6. The molecule has 4 saturated carbocycles. The summed E-state index contributed by atoms with van der Waals surface area (Å²) < 4.78 is 1.50. The number of benzene rings is 1. The molecule has 1 atom stereocenters. The predicted octanol–water partition coefficient (Wildman–Crippen LogP) is 4.08. The molecule has 8 rings (SSSR count). The monoisotopic (exact) mass is 558 g/mol. The quantitative estimate of drug-likeness (QED) is 0.359. The van der Waals surface area contributed by atoms with Gasteiger partial charge < -0.3 is 10.6 Å². The van der Waals surface area contributed by atoms with Gasteiger partial charge in [0.05, 0.1) is 12.6 Å². The number of anilines is 1. The van der Waals surface area contributed by atoms with Crippen molar-refractivity contribution in [2.24, 2.45) is 23.7 Å². The first-order valence-corrected chi connectivity index (χ1v) is 15.3. The Morgan fingerprint density at radius 2 is 1.80 bits per heavy atom. The lowest BCUT2D eigenvalue weighted by molar-refractivity contribution is -0.136. The second-order valence-electron chi connectivity index (χ2n) is 12.1. The molecule has 2 aromatic heterocycles. The number of aromatic nitrogens is 3. The Hall–Kier alpha value is -3.37. The Kier molecular flexibility index (Phi) is 6.75. The van der Waals surface area contributed by atoms with E-state index >= 15 is 0 Å². The standard InChI is InChI=1S/C30H34N6O3S/c37-27-6-5-26(30(39)33-27)36-15-25(34-35-36)22-12-24(40-16-22)13-28(38)32-23-3-1-17(2-4-23)14-31-29-20-8-18-7-19(10-20)11-21(29)9-18/h1-4,12,15-16,18-21,26,29,31H,5-11,13-14H2,(H,32,38)(H,33,37,39). The van der Waals surface area contributed by atoms with Crippen LogP contribution < -0.4 is 16.0 Å². The van der Waals surface area contributed by atoms with Crippen LogP contribution in [0.3, 0.4) is 0 Å². The lowest BCUT2D eigenvalue weighted by Crippen LogP contribution is -2.54. The maximum Gasteiger partial charge on any atom is 0.251 e. The Morgan fingerprint density at radius 1 is 1.05 bits per heavy atom. The Morgan fingerprint density at radius 3 is 2.52 bits per heavy atom. The summed E-state index contributed by atoms with van der Waals surface area (Å²) in [6.45, 7) is 0.882. The molecule has 3 amide bonds. The Labute approximate surface area is 237 Å². The van der Waals surface area contributed by atoms with E-state index in [1.807, 2.05) is 23.6 Å². The highest BCUT2D eigenvalue weighted by Gasteiger charge is 2.47. The van der Waals surface area contributed by atoms with Crippen LogP contribution in [0.4, 0.5) is 5.69 Å². The van der Waals surface area contributed by atoms with Crippen LogP contribution >= 0.6 is 11.3 Å². The Bertz CT molecular complexity index is 1400. The van der Waals surface area contributed by atoms with E-state index in [0.717, 1.165) is 46.3 Å². The van der Waals surface area contributed by atoms with Crippen molar-refractivity contribution >= 4 is 34.7 Å². The maximum atomic E-state index is 12.7. The van der Waals surface area contributed by atoms with Crippen molar-refractivity contribution in [3.63, 3.8) is 0 Å². The summed E-state index contributed by atoms with van der Waals surface area (Å²) in [6.07, 6.45) is 9.83. The summed E-state index contributed by atoms with van der Waals surface area (Å²) in [7, 11) is 0. The lowest BCUT2D eigenvalue weighted by Gasteiger charge is -2.54. The smallest absolute Gasteiger partial charge is 0.251 e. The van der Waals surface area contributed by atoms with E-state index in [9.17, 15) is 14.4 Å². The van der Waals surface area contributed by atoms with Crippen molar-refractivity contribution in [2.45, 2.75) is 70.0 Å². The molecule has 3 aromatic rings.